The summed E-state index contributed by atoms with van der Waals surface area (Å²) in [5, 5.41) is 5.09. The SMILES string of the molecule is COc1ccc(C)c2c(-c3cc(N)on3)c(C)[nH]c12. The van der Waals surface area contributed by atoms with Gasteiger partial charge in [-0.25, -0.2) is 0 Å². The maximum absolute atomic E-state index is 5.61. The first-order valence-corrected chi connectivity index (χ1v) is 6.00. The monoisotopic (exact) mass is 257 g/mol. The van der Waals surface area contributed by atoms with Gasteiger partial charge in [-0.05, 0) is 25.5 Å². The number of H-pyrrole nitrogens is 1. The van der Waals surface area contributed by atoms with Gasteiger partial charge in [-0.2, -0.15) is 0 Å². The van der Waals surface area contributed by atoms with Crippen LogP contribution in [0.3, 0.4) is 0 Å². The zero-order valence-electron chi connectivity index (χ0n) is 11.1. The average molecular weight is 257 g/mol. The molecule has 5 heteroatoms. The zero-order valence-corrected chi connectivity index (χ0v) is 11.1. The summed E-state index contributed by atoms with van der Waals surface area (Å²) in [6, 6.07) is 5.71. The number of ether oxygens (including phenoxy) is 1. The van der Waals surface area contributed by atoms with E-state index in [-0.39, 0.29) is 0 Å². The van der Waals surface area contributed by atoms with Crippen molar-refractivity contribution in [1.29, 1.82) is 0 Å². The number of methoxy groups -OCH3 is 1. The number of hydrogen-bond acceptors (Lipinski definition) is 4. The predicted octanol–water partition coefficient (Wildman–Crippen LogP) is 3.03. The van der Waals surface area contributed by atoms with Gasteiger partial charge < -0.3 is 20.0 Å². The standard InChI is InChI=1S/C14H15N3O2/c1-7-4-5-10(18-3)14-12(7)13(8(2)16-14)9-6-11(15)19-17-9/h4-6,16H,15H2,1-3H3. The van der Waals surface area contributed by atoms with Crippen LogP contribution in [0.15, 0.2) is 22.7 Å². The number of aromatic amines is 1. The molecule has 1 aromatic carbocycles. The van der Waals surface area contributed by atoms with E-state index in [1.54, 1.807) is 13.2 Å². The Bertz CT molecular complexity index is 755. The molecule has 0 amide bonds. The van der Waals surface area contributed by atoms with Crippen LogP contribution < -0.4 is 10.5 Å². The number of fused-ring (bicyclic) bond motifs is 1. The summed E-state index contributed by atoms with van der Waals surface area (Å²) in [5.41, 5.74) is 10.5. The van der Waals surface area contributed by atoms with Gasteiger partial charge in [0.05, 0.1) is 12.6 Å². The fourth-order valence-electron chi connectivity index (χ4n) is 2.47. The molecule has 3 aromatic rings. The van der Waals surface area contributed by atoms with Crippen LogP contribution in [-0.2, 0) is 0 Å². The number of benzene rings is 1. The number of nitrogens with one attached hydrogen (secondary N) is 1. The van der Waals surface area contributed by atoms with Crippen LogP contribution in [0.5, 0.6) is 5.75 Å². The van der Waals surface area contributed by atoms with Gasteiger partial charge in [-0.3, -0.25) is 0 Å². The van der Waals surface area contributed by atoms with E-state index in [4.69, 9.17) is 15.0 Å². The van der Waals surface area contributed by atoms with Crippen molar-refractivity contribution in [3.63, 3.8) is 0 Å². The Kier molecular flexibility index (Phi) is 2.48. The second-order valence-corrected chi connectivity index (χ2v) is 4.57. The van der Waals surface area contributed by atoms with Crippen molar-refractivity contribution >= 4 is 16.8 Å². The van der Waals surface area contributed by atoms with Gasteiger partial charge in [0.25, 0.3) is 0 Å². The van der Waals surface area contributed by atoms with E-state index in [1.807, 2.05) is 19.1 Å². The molecular formula is C14H15N3O2. The van der Waals surface area contributed by atoms with Crippen molar-refractivity contribution in [3.8, 4) is 17.0 Å². The smallest absolute Gasteiger partial charge is 0.222 e. The first-order valence-electron chi connectivity index (χ1n) is 6.00. The normalized spacial score (nSPS) is 11.1. The van der Waals surface area contributed by atoms with Crippen molar-refractivity contribution in [2.75, 3.05) is 12.8 Å². The van der Waals surface area contributed by atoms with Crippen molar-refractivity contribution in [3.05, 3.63) is 29.5 Å². The third kappa shape index (κ3) is 1.66. The molecule has 19 heavy (non-hydrogen) atoms. The lowest BCUT2D eigenvalue weighted by Gasteiger charge is -2.04. The molecule has 0 aliphatic rings. The summed E-state index contributed by atoms with van der Waals surface area (Å²) in [5.74, 6) is 1.12. The molecule has 2 aromatic heterocycles. The summed E-state index contributed by atoms with van der Waals surface area (Å²) in [7, 11) is 1.66. The van der Waals surface area contributed by atoms with Crippen LogP contribution in [0.4, 0.5) is 5.88 Å². The van der Waals surface area contributed by atoms with Gasteiger partial charge in [-0.1, -0.05) is 11.2 Å². The molecule has 0 saturated heterocycles. The average Bonchev–Trinajstić information content (AvgIpc) is 2.93. The van der Waals surface area contributed by atoms with Crippen LogP contribution in [0.25, 0.3) is 22.2 Å². The second kappa shape index (κ2) is 4.05. The maximum Gasteiger partial charge on any atom is 0.222 e. The van der Waals surface area contributed by atoms with Gasteiger partial charge in [-0.15, -0.1) is 0 Å². The lowest BCUT2D eigenvalue weighted by molar-refractivity contribution is 0.419. The number of nitrogens with two attached hydrogens (primary N) is 1. The van der Waals surface area contributed by atoms with Crippen molar-refractivity contribution in [2.24, 2.45) is 0 Å². The molecule has 0 saturated carbocycles. The quantitative estimate of drug-likeness (QED) is 0.739. The molecule has 0 unspecified atom stereocenters. The topological polar surface area (TPSA) is 77.1 Å². The highest BCUT2D eigenvalue weighted by atomic mass is 16.5. The van der Waals surface area contributed by atoms with Crippen molar-refractivity contribution in [1.82, 2.24) is 10.1 Å². The highest BCUT2D eigenvalue weighted by molar-refractivity contribution is 6.01. The molecule has 0 fully saturated rings. The Balaban J connectivity index is 2.39. The predicted molar refractivity (Wildman–Crippen MR) is 74.2 cm³/mol. The Morgan fingerprint density at radius 1 is 1.32 bits per heavy atom. The number of rotatable bonds is 2. The highest BCUT2D eigenvalue weighted by Crippen LogP contribution is 2.38. The first-order chi connectivity index (χ1) is 9.11. The minimum absolute atomic E-state index is 0.310. The number of anilines is 1. The van der Waals surface area contributed by atoms with Gasteiger partial charge in [0.2, 0.25) is 5.88 Å². The van der Waals surface area contributed by atoms with Gasteiger partial charge in [0.15, 0.2) is 0 Å². The molecule has 0 atom stereocenters. The van der Waals surface area contributed by atoms with E-state index in [0.29, 0.717) is 5.88 Å². The van der Waals surface area contributed by atoms with Gasteiger partial charge in [0, 0.05) is 22.7 Å². The molecule has 2 heterocycles. The van der Waals surface area contributed by atoms with Crippen LogP contribution in [0.2, 0.25) is 0 Å². The molecule has 3 rings (SSSR count). The largest absolute Gasteiger partial charge is 0.495 e. The maximum atomic E-state index is 5.61. The third-order valence-corrected chi connectivity index (χ3v) is 3.32. The van der Waals surface area contributed by atoms with E-state index >= 15 is 0 Å². The molecular weight excluding hydrogens is 242 g/mol. The summed E-state index contributed by atoms with van der Waals surface area (Å²) < 4.78 is 10.4. The Labute approximate surface area is 110 Å². The van der Waals surface area contributed by atoms with Gasteiger partial charge in [0.1, 0.15) is 11.4 Å². The summed E-state index contributed by atoms with van der Waals surface area (Å²) in [4.78, 5) is 3.35. The van der Waals surface area contributed by atoms with E-state index in [2.05, 4.69) is 17.1 Å². The molecule has 98 valence electrons. The molecule has 3 N–H and O–H groups in total. The number of nitrogens with zero attached hydrogens (tertiary/aromatic N) is 1. The van der Waals surface area contributed by atoms with Crippen molar-refractivity contribution < 1.29 is 9.26 Å². The molecule has 0 aliphatic carbocycles. The Morgan fingerprint density at radius 2 is 2.11 bits per heavy atom. The number of aromatic nitrogens is 2. The highest BCUT2D eigenvalue weighted by Gasteiger charge is 2.18. The molecule has 0 bridgehead atoms. The van der Waals surface area contributed by atoms with Crippen molar-refractivity contribution in [2.45, 2.75) is 13.8 Å². The lowest BCUT2D eigenvalue weighted by Crippen LogP contribution is -1.86. The minimum Gasteiger partial charge on any atom is -0.495 e. The summed E-state index contributed by atoms with van der Waals surface area (Å²) in [6.07, 6.45) is 0. The first kappa shape index (κ1) is 11.6. The molecule has 0 aliphatic heterocycles. The Morgan fingerprint density at radius 3 is 2.74 bits per heavy atom. The second-order valence-electron chi connectivity index (χ2n) is 4.57. The van der Waals surface area contributed by atoms with Crippen LogP contribution in [0.1, 0.15) is 11.3 Å². The van der Waals surface area contributed by atoms with Crippen LogP contribution >= 0.6 is 0 Å². The van der Waals surface area contributed by atoms with E-state index < -0.39 is 0 Å². The van der Waals surface area contributed by atoms with E-state index in [9.17, 15) is 0 Å². The molecule has 0 spiro atoms. The number of nitrogen functional groups attached to an aromatic ring is 1. The lowest BCUT2D eigenvalue weighted by atomic mass is 10.0. The Hall–Kier alpha value is -2.43. The fraction of sp³-hybridized carbons (Fsp3) is 0.214. The summed E-state index contributed by atoms with van der Waals surface area (Å²) >= 11 is 0. The van der Waals surface area contributed by atoms with E-state index in [1.165, 1.54) is 0 Å². The number of hydrogen-bond donors (Lipinski definition) is 2. The minimum atomic E-state index is 0.310. The van der Waals surface area contributed by atoms with Crippen LogP contribution in [0, 0.1) is 13.8 Å². The third-order valence-electron chi connectivity index (χ3n) is 3.32. The van der Waals surface area contributed by atoms with Gasteiger partial charge >= 0.3 is 0 Å². The zero-order chi connectivity index (χ0) is 13.6. The number of aryl methyl sites for hydroxylation is 2. The molecule has 0 radical (unpaired) electrons. The fourth-order valence-corrected chi connectivity index (χ4v) is 2.47. The summed E-state index contributed by atoms with van der Waals surface area (Å²) in [6.45, 7) is 4.06. The molecule has 5 nitrogen and oxygen atoms in total. The van der Waals surface area contributed by atoms with E-state index in [0.717, 1.165) is 39.2 Å². The van der Waals surface area contributed by atoms with Crippen LogP contribution in [-0.4, -0.2) is 17.3 Å².